The number of anilines is 2. The highest BCUT2D eigenvalue weighted by Crippen LogP contribution is 2.26. The first-order valence-corrected chi connectivity index (χ1v) is 9.97. The second-order valence-electron chi connectivity index (χ2n) is 7.15. The molecule has 1 aliphatic heterocycles. The normalized spacial score (nSPS) is 16.4. The van der Waals surface area contributed by atoms with E-state index in [2.05, 4.69) is 15.3 Å². The molecule has 5 nitrogen and oxygen atoms in total. The van der Waals surface area contributed by atoms with Crippen LogP contribution in [0, 0.1) is 17.6 Å². The van der Waals surface area contributed by atoms with Crippen LogP contribution in [0.15, 0.2) is 54.7 Å². The van der Waals surface area contributed by atoms with Gasteiger partial charge in [0.2, 0.25) is 5.91 Å². The maximum atomic E-state index is 13.3. The molecule has 2 heterocycles. The lowest BCUT2D eigenvalue weighted by Crippen LogP contribution is -2.41. The third-order valence-electron chi connectivity index (χ3n) is 5.05. The summed E-state index contributed by atoms with van der Waals surface area (Å²) in [5.74, 6) is -0.0184. The van der Waals surface area contributed by atoms with Crippen LogP contribution in [0.4, 0.5) is 20.3 Å². The molecule has 1 atom stereocenters. The molecule has 1 N–H and O–H groups in total. The summed E-state index contributed by atoms with van der Waals surface area (Å²) in [6.45, 7) is 1.27. The lowest BCUT2D eigenvalue weighted by molar-refractivity contribution is -0.120. The molecule has 0 radical (unpaired) electrons. The molecule has 1 amide bonds. The van der Waals surface area contributed by atoms with E-state index in [1.165, 1.54) is 30.3 Å². The molecule has 154 valence electrons. The summed E-state index contributed by atoms with van der Waals surface area (Å²) in [6.07, 6.45) is 3.23. The lowest BCUT2D eigenvalue weighted by Gasteiger charge is -2.33. The number of halogens is 3. The third kappa shape index (κ3) is 4.57. The molecule has 1 aliphatic rings. The molecule has 0 aliphatic carbocycles. The Morgan fingerprint density at radius 1 is 1.13 bits per heavy atom. The highest BCUT2D eigenvalue weighted by atomic mass is 35.5. The van der Waals surface area contributed by atoms with E-state index in [0.29, 0.717) is 23.9 Å². The maximum Gasteiger partial charge on any atom is 0.229 e. The van der Waals surface area contributed by atoms with Gasteiger partial charge in [-0.15, -0.1) is 0 Å². The fourth-order valence-electron chi connectivity index (χ4n) is 3.48. The number of rotatable bonds is 4. The molecule has 1 unspecified atom stereocenters. The zero-order chi connectivity index (χ0) is 21.1. The van der Waals surface area contributed by atoms with Crippen molar-refractivity contribution in [3.05, 3.63) is 71.4 Å². The average Bonchev–Trinajstić information content (AvgIpc) is 2.77. The fourth-order valence-corrected chi connectivity index (χ4v) is 3.66. The summed E-state index contributed by atoms with van der Waals surface area (Å²) in [5, 5.41) is 2.77. The van der Waals surface area contributed by atoms with Crippen LogP contribution in [0.2, 0.25) is 5.02 Å². The fraction of sp³-hybridized carbons (Fsp3) is 0.227. The van der Waals surface area contributed by atoms with Gasteiger partial charge in [-0.1, -0.05) is 11.6 Å². The van der Waals surface area contributed by atoms with Gasteiger partial charge in [0.1, 0.15) is 17.5 Å². The van der Waals surface area contributed by atoms with E-state index < -0.39 is 5.82 Å². The van der Waals surface area contributed by atoms with Crippen molar-refractivity contribution in [2.75, 3.05) is 23.3 Å². The van der Waals surface area contributed by atoms with Crippen LogP contribution in [-0.4, -0.2) is 29.0 Å². The quantitative estimate of drug-likeness (QED) is 0.640. The molecular weight excluding hydrogens is 410 g/mol. The molecule has 3 aromatic rings. The highest BCUT2D eigenvalue weighted by molar-refractivity contribution is 6.31. The van der Waals surface area contributed by atoms with Crippen molar-refractivity contribution in [3.8, 4) is 11.4 Å². The van der Waals surface area contributed by atoms with Gasteiger partial charge >= 0.3 is 0 Å². The minimum atomic E-state index is -0.528. The number of carbonyl (C=O) groups excluding carboxylic acids is 1. The van der Waals surface area contributed by atoms with E-state index in [1.807, 2.05) is 4.90 Å². The maximum absolute atomic E-state index is 13.3. The Labute approximate surface area is 177 Å². The summed E-state index contributed by atoms with van der Waals surface area (Å²) >= 11 is 5.79. The van der Waals surface area contributed by atoms with Gasteiger partial charge in [-0.3, -0.25) is 4.79 Å². The molecule has 0 spiro atoms. The molecule has 1 fully saturated rings. The second kappa shape index (κ2) is 8.75. The van der Waals surface area contributed by atoms with Crippen LogP contribution < -0.4 is 10.2 Å². The Bertz CT molecular complexity index is 1060. The number of amides is 1. The first-order valence-electron chi connectivity index (χ1n) is 9.59. The van der Waals surface area contributed by atoms with Gasteiger partial charge < -0.3 is 10.2 Å². The second-order valence-corrected chi connectivity index (χ2v) is 7.56. The molecule has 0 bridgehead atoms. The largest absolute Gasteiger partial charge is 0.356 e. The number of nitrogens with one attached hydrogen (secondary N) is 1. The Kier molecular flexibility index (Phi) is 5.90. The van der Waals surface area contributed by atoms with Gasteiger partial charge in [0.25, 0.3) is 0 Å². The number of nitrogens with zero attached hydrogens (tertiary/aromatic N) is 3. The molecule has 4 rings (SSSR count). The monoisotopic (exact) mass is 428 g/mol. The summed E-state index contributed by atoms with van der Waals surface area (Å²) in [4.78, 5) is 23.6. The van der Waals surface area contributed by atoms with Gasteiger partial charge in [0, 0.05) is 30.5 Å². The SMILES string of the molecule is O=C(Nc1ccc(F)c(Cl)c1)C1CCCN(c2ccnc(-c3ccc(F)cc3)n2)C1. The van der Waals surface area contributed by atoms with Crippen molar-refractivity contribution >= 4 is 29.0 Å². The summed E-state index contributed by atoms with van der Waals surface area (Å²) < 4.78 is 26.5. The van der Waals surface area contributed by atoms with Gasteiger partial charge in [-0.05, 0) is 61.4 Å². The van der Waals surface area contributed by atoms with E-state index in [-0.39, 0.29) is 22.7 Å². The van der Waals surface area contributed by atoms with Crippen LogP contribution in [0.5, 0.6) is 0 Å². The van der Waals surface area contributed by atoms with E-state index in [1.54, 1.807) is 24.4 Å². The minimum Gasteiger partial charge on any atom is -0.356 e. The van der Waals surface area contributed by atoms with E-state index in [4.69, 9.17) is 11.6 Å². The first-order chi connectivity index (χ1) is 14.5. The summed E-state index contributed by atoms with van der Waals surface area (Å²) in [7, 11) is 0. The van der Waals surface area contributed by atoms with Crippen molar-refractivity contribution in [2.45, 2.75) is 12.8 Å². The number of aromatic nitrogens is 2. The number of benzene rings is 2. The predicted octanol–water partition coefficient (Wildman–Crippen LogP) is 4.93. The molecular formula is C22H19ClF2N4O. The number of piperidine rings is 1. The van der Waals surface area contributed by atoms with Crippen molar-refractivity contribution in [3.63, 3.8) is 0 Å². The van der Waals surface area contributed by atoms with Crippen LogP contribution >= 0.6 is 11.6 Å². The number of hydrogen-bond acceptors (Lipinski definition) is 4. The summed E-state index contributed by atoms with van der Waals surface area (Å²) in [5.41, 5.74) is 1.18. The molecule has 8 heteroatoms. The van der Waals surface area contributed by atoms with Crippen LogP contribution in [0.3, 0.4) is 0 Å². The van der Waals surface area contributed by atoms with Crippen molar-refractivity contribution in [1.82, 2.24) is 9.97 Å². The highest BCUT2D eigenvalue weighted by Gasteiger charge is 2.27. The standard InChI is InChI=1S/C22H19ClF2N4O/c23-18-12-17(7-8-19(18)25)27-22(30)15-2-1-11-29(13-15)20-9-10-26-21(28-20)14-3-5-16(24)6-4-14/h3-10,12,15H,1-2,11,13H2,(H,27,30). The smallest absolute Gasteiger partial charge is 0.229 e. The Hall–Kier alpha value is -3.06. The van der Waals surface area contributed by atoms with E-state index in [0.717, 1.165) is 24.9 Å². The van der Waals surface area contributed by atoms with Crippen molar-refractivity contribution in [2.24, 2.45) is 5.92 Å². The molecule has 0 saturated carbocycles. The van der Waals surface area contributed by atoms with Gasteiger partial charge in [0.15, 0.2) is 5.82 Å². The molecule has 2 aromatic carbocycles. The third-order valence-corrected chi connectivity index (χ3v) is 5.34. The zero-order valence-corrected chi connectivity index (χ0v) is 16.7. The van der Waals surface area contributed by atoms with Crippen LogP contribution in [0.25, 0.3) is 11.4 Å². The number of hydrogen-bond donors (Lipinski definition) is 1. The van der Waals surface area contributed by atoms with Crippen LogP contribution in [-0.2, 0) is 4.79 Å². The Balaban J connectivity index is 1.47. The number of carbonyl (C=O) groups is 1. The topological polar surface area (TPSA) is 58.1 Å². The van der Waals surface area contributed by atoms with Gasteiger partial charge in [-0.25, -0.2) is 18.7 Å². The van der Waals surface area contributed by atoms with E-state index in [9.17, 15) is 13.6 Å². The average molecular weight is 429 g/mol. The van der Waals surface area contributed by atoms with Crippen molar-refractivity contribution < 1.29 is 13.6 Å². The predicted molar refractivity (Wildman–Crippen MR) is 112 cm³/mol. The Morgan fingerprint density at radius 3 is 2.70 bits per heavy atom. The van der Waals surface area contributed by atoms with Crippen LogP contribution in [0.1, 0.15) is 12.8 Å². The first kappa shape index (κ1) is 20.2. The summed E-state index contributed by atoms with van der Waals surface area (Å²) in [6, 6.07) is 11.9. The van der Waals surface area contributed by atoms with Gasteiger partial charge in [-0.2, -0.15) is 0 Å². The zero-order valence-electron chi connectivity index (χ0n) is 16.0. The van der Waals surface area contributed by atoms with E-state index >= 15 is 0 Å². The lowest BCUT2D eigenvalue weighted by atomic mass is 9.97. The minimum absolute atomic E-state index is 0.0348. The Morgan fingerprint density at radius 2 is 1.93 bits per heavy atom. The molecule has 30 heavy (non-hydrogen) atoms. The van der Waals surface area contributed by atoms with Gasteiger partial charge in [0.05, 0.1) is 10.9 Å². The van der Waals surface area contributed by atoms with Crippen molar-refractivity contribution in [1.29, 1.82) is 0 Å². The molecule has 1 aromatic heterocycles. The molecule has 1 saturated heterocycles.